The third-order valence-electron chi connectivity index (χ3n) is 3.91. The van der Waals surface area contributed by atoms with Crippen molar-refractivity contribution in [2.24, 2.45) is 0 Å². The molecule has 4 nitrogen and oxygen atoms in total. The highest BCUT2D eigenvalue weighted by molar-refractivity contribution is 6.15. The smallest absolute Gasteiger partial charge is 0.336 e. The molecule has 0 radical (unpaired) electrons. The number of aryl methyl sites for hydroxylation is 1. The van der Waals surface area contributed by atoms with Crippen molar-refractivity contribution < 1.29 is 13.9 Å². The molecule has 0 bridgehead atoms. The van der Waals surface area contributed by atoms with Crippen LogP contribution in [0.1, 0.15) is 21.5 Å². The van der Waals surface area contributed by atoms with Gasteiger partial charge in [-0.3, -0.25) is 4.79 Å². The first-order chi connectivity index (χ1) is 12.6. The Balaban J connectivity index is 2.14. The van der Waals surface area contributed by atoms with Gasteiger partial charge in [0.15, 0.2) is 11.4 Å². The molecule has 0 saturated carbocycles. The van der Waals surface area contributed by atoms with Crippen LogP contribution < -0.4 is 10.4 Å². The molecule has 2 aromatic carbocycles. The average Bonchev–Trinajstić information content (AvgIpc) is 2.64. The fourth-order valence-electron chi connectivity index (χ4n) is 2.69. The van der Waals surface area contributed by atoms with E-state index in [9.17, 15) is 9.59 Å². The second kappa shape index (κ2) is 7.66. The molecule has 1 aromatic heterocycles. The topological polar surface area (TPSA) is 56.5 Å². The molecule has 130 valence electrons. The van der Waals surface area contributed by atoms with Gasteiger partial charge in [0.1, 0.15) is 17.9 Å². The number of hydrogen-bond acceptors (Lipinski definition) is 4. The Hall–Kier alpha value is -3.40. The Morgan fingerprint density at radius 1 is 1.19 bits per heavy atom. The highest BCUT2D eigenvalue weighted by Gasteiger charge is 2.18. The van der Waals surface area contributed by atoms with Crippen molar-refractivity contribution in [1.29, 1.82) is 0 Å². The zero-order valence-corrected chi connectivity index (χ0v) is 14.4. The molecular weight excluding hydrogens is 328 g/mol. The van der Waals surface area contributed by atoms with Crippen molar-refractivity contribution in [3.8, 4) is 5.75 Å². The summed E-state index contributed by atoms with van der Waals surface area (Å²) >= 11 is 0. The van der Waals surface area contributed by atoms with Crippen molar-refractivity contribution in [3.63, 3.8) is 0 Å². The maximum absolute atomic E-state index is 12.9. The van der Waals surface area contributed by atoms with E-state index in [4.69, 9.17) is 9.15 Å². The van der Waals surface area contributed by atoms with E-state index in [2.05, 4.69) is 6.58 Å². The van der Waals surface area contributed by atoms with Crippen LogP contribution in [-0.2, 0) is 0 Å². The molecular formula is C22H18O4. The molecule has 1 heterocycles. The van der Waals surface area contributed by atoms with Crippen LogP contribution in [0.15, 0.2) is 76.5 Å². The molecule has 0 spiro atoms. The summed E-state index contributed by atoms with van der Waals surface area (Å²) in [5, 5.41) is 0.701. The highest BCUT2D eigenvalue weighted by atomic mass is 16.5. The SMILES string of the molecule is C=CCOc1ccc2c(C)cc(=O)oc2c1C(=O)/C=C/c1ccccc1. The summed E-state index contributed by atoms with van der Waals surface area (Å²) in [7, 11) is 0. The molecule has 0 unspecified atom stereocenters. The number of allylic oxidation sites excluding steroid dienone is 1. The highest BCUT2D eigenvalue weighted by Crippen LogP contribution is 2.30. The first-order valence-corrected chi connectivity index (χ1v) is 8.19. The van der Waals surface area contributed by atoms with Gasteiger partial charge in [0, 0.05) is 11.5 Å². The van der Waals surface area contributed by atoms with Gasteiger partial charge in [-0.2, -0.15) is 0 Å². The van der Waals surface area contributed by atoms with E-state index in [1.54, 1.807) is 31.2 Å². The number of benzene rings is 2. The van der Waals surface area contributed by atoms with E-state index in [1.165, 1.54) is 12.1 Å². The van der Waals surface area contributed by atoms with Gasteiger partial charge in [-0.15, -0.1) is 0 Å². The fourth-order valence-corrected chi connectivity index (χ4v) is 2.69. The lowest BCUT2D eigenvalue weighted by atomic mass is 10.0. The summed E-state index contributed by atoms with van der Waals surface area (Å²) in [5.41, 5.74) is 1.61. The van der Waals surface area contributed by atoms with Crippen LogP contribution in [0.5, 0.6) is 5.75 Å². The number of hydrogen-bond donors (Lipinski definition) is 0. The zero-order chi connectivity index (χ0) is 18.5. The van der Waals surface area contributed by atoms with Crippen molar-refractivity contribution in [1.82, 2.24) is 0 Å². The van der Waals surface area contributed by atoms with Gasteiger partial charge in [-0.25, -0.2) is 4.79 Å². The molecule has 0 aliphatic heterocycles. The summed E-state index contributed by atoms with van der Waals surface area (Å²) < 4.78 is 11.0. The van der Waals surface area contributed by atoms with Crippen molar-refractivity contribution in [2.75, 3.05) is 6.61 Å². The van der Waals surface area contributed by atoms with Gasteiger partial charge in [-0.05, 0) is 36.3 Å². The molecule has 0 aliphatic carbocycles. The summed E-state index contributed by atoms with van der Waals surface area (Å²) in [6.45, 7) is 5.66. The van der Waals surface area contributed by atoms with Crippen LogP contribution in [0.3, 0.4) is 0 Å². The quantitative estimate of drug-likeness (QED) is 0.284. The van der Waals surface area contributed by atoms with E-state index in [0.29, 0.717) is 11.1 Å². The van der Waals surface area contributed by atoms with Gasteiger partial charge in [0.2, 0.25) is 0 Å². The monoisotopic (exact) mass is 346 g/mol. The molecule has 0 N–H and O–H groups in total. The second-order valence-corrected chi connectivity index (χ2v) is 5.77. The van der Waals surface area contributed by atoms with Crippen molar-refractivity contribution in [2.45, 2.75) is 6.92 Å². The molecule has 0 atom stereocenters. The number of fused-ring (bicyclic) bond motifs is 1. The van der Waals surface area contributed by atoms with E-state index in [0.717, 1.165) is 11.1 Å². The summed E-state index contributed by atoms with van der Waals surface area (Å²) in [6, 6.07) is 14.4. The summed E-state index contributed by atoms with van der Waals surface area (Å²) in [5.74, 6) is 0.0566. The fraction of sp³-hybridized carbons (Fsp3) is 0.0909. The molecule has 3 aromatic rings. The largest absolute Gasteiger partial charge is 0.489 e. The van der Waals surface area contributed by atoms with Crippen LogP contribution in [0.4, 0.5) is 0 Å². The molecule has 4 heteroatoms. The number of carbonyl (C=O) groups is 1. The van der Waals surface area contributed by atoms with Gasteiger partial charge >= 0.3 is 5.63 Å². The van der Waals surface area contributed by atoms with Crippen LogP contribution in [0.2, 0.25) is 0 Å². The lowest BCUT2D eigenvalue weighted by Crippen LogP contribution is -2.06. The number of ether oxygens (including phenoxy) is 1. The maximum atomic E-state index is 12.9. The summed E-state index contributed by atoms with van der Waals surface area (Å²) in [4.78, 5) is 24.7. The second-order valence-electron chi connectivity index (χ2n) is 5.77. The standard InChI is InChI=1S/C22H18O4/c1-3-13-25-19-12-10-17-15(2)14-20(24)26-22(17)21(19)18(23)11-9-16-7-5-4-6-8-16/h3-12,14H,1,13H2,2H3/b11-9+. The third-order valence-corrected chi connectivity index (χ3v) is 3.91. The summed E-state index contributed by atoms with van der Waals surface area (Å²) in [6.07, 6.45) is 4.75. The molecule has 3 rings (SSSR count). The zero-order valence-electron chi connectivity index (χ0n) is 14.4. The molecule has 0 saturated heterocycles. The van der Waals surface area contributed by atoms with Gasteiger partial charge in [0.05, 0.1) is 0 Å². The minimum atomic E-state index is -0.503. The van der Waals surface area contributed by atoms with E-state index >= 15 is 0 Å². The first kappa shape index (κ1) is 17.4. The minimum absolute atomic E-state index is 0.234. The van der Waals surface area contributed by atoms with E-state index in [-0.39, 0.29) is 23.5 Å². The van der Waals surface area contributed by atoms with Crippen LogP contribution in [0.25, 0.3) is 17.0 Å². The lowest BCUT2D eigenvalue weighted by molar-refractivity contribution is 0.104. The normalized spacial score (nSPS) is 11.0. The lowest BCUT2D eigenvalue weighted by Gasteiger charge is -2.11. The molecule has 0 aliphatic rings. The average molecular weight is 346 g/mol. The minimum Gasteiger partial charge on any atom is -0.489 e. The van der Waals surface area contributed by atoms with Gasteiger partial charge < -0.3 is 9.15 Å². The van der Waals surface area contributed by atoms with E-state index < -0.39 is 5.63 Å². The van der Waals surface area contributed by atoms with E-state index in [1.807, 2.05) is 30.3 Å². The van der Waals surface area contributed by atoms with Gasteiger partial charge in [-0.1, -0.05) is 49.1 Å². The predicted octanol–water partition coefficient (Wildman–Crippen LogP) is 4.56. The Bertz CT molecular complexity index is 1040. The van der Waals surface area contributed by atoms with Gasteiger partial charge in [0.25, 0.3) is 0 Å². The molecule has 0 fully saturated rings. The molecule has 26 heavy (non-hydrogen) atoms. The maximum Gasteiger partial charge on any atom is 0.336 e. The molecule has 0 amide bonds. The Labute approximate surface area is 151 Å². The number of ketones is 1. The Morgan fingerprint density at radius 3 is 2.69 bits per heavy atom. The van der Waals surface area contributed by atoms with Crippen LogP contribution in [-0.4, -0.2) is 12.4 Å². The predicted molar refractivity (Wildman–Crippen MR) is 103 cm³/mol. The van der Waals surface area contributed by atoms with Crippen LogP contribution >= 0.6 is 0 Å². The first-order valence-electron chi connectivity index (χ1n) is 8.19. The van der Waals surface area contributed by atoms with Crippen molar-refractivity contribution >= 4 is 22.8 Å². The Morgan fingerprint density at radius 2 is 1.96 bits per heavy atom. The van der Waals surface area contributed by atoms with Crippen LogP contribution in [0, 0.1) is 6.92 Å². The third kappa shape index (κ3) is 3.64. The number of carbonyl (C=O) groups excluding carboxylic acids is 1. The Kier molecular flexibility index (Phi) is 5.13. The number of rotatable bonds is 6. The van der Waals surface area contributed by atoms with Crippen molar-refractivity contribution in [3.05, 3.63) is 94.4 Å².